The van der Waals surface area contributed by atoms with Crippen molar-refractivity contribution in [3.8, 4) is 0 Å². The summed E-state index contributed by atoms with van der Waals surface area (Å²) in [6.07, 6.45) is 3.90. The summed E-state index contributed by atoms with van der Waals surface area (Å²) < 4.78 is 0. The molecule has 0 aromatic heterocycles. The molecule has 3 N–H and O–H groups in total. The maximum Gasteiger partial charge on any atom is 0.00793 e. The largest absolute Gasteiger partial charge is 0.315 e. The van der Waals surface area contributed by atoms with Gasteiger partial charge in [0.2, 0.25) is 0 Å². The standard InChI is InChI=1S/C16H37N3/c1-13(2)17-10-9-15(5)7-8-16(6)19-12-11-18-14(3)4/h13-19H,7-12H2,1-6H3. The first-order chi connectivity index (χ1) is 8.91. The van der Waals surface area contributed by atoms with E-state index < -0.39 is 0 Å². The van der Waals surface area contributed by atoms with Crippen LogP contribution in [0.3, 0.4) is 0 Å². The molecule has 0 aliphatic carbocycles. The second-order valence-electron chi connectivity index (χ2n) is 6.54. The van der Waals surface area contributed by atoms with Gasteiger partial charge in [-0.25, -0.2) is 0 Å². The summed E-state index contributed by atoms with van der Waals surface area (Å²) in [5, 5.41) is 10.5. The first-order valence-corrected chi connectivity index (χ1v) is 8.12. The van der Waals surface area contributed by atoms with Crippen LogP contribution in [0.5, 0.6) is 0 Å². The summed E-state index contributed by atoms with van der Waals surface area (Å²) in [5.41, 5.74) is 0. The summed E-state index contributed by atoms with van der Waals surface area (Å²) in [6.45, 7) is 16.8. The highest BCUT2D eigenvalue weighted by molar-refractivity contribution is 4.66. The summed E-state index contributed by atoms with van der Waals surface area (Å²) in [6, 6.07) is 1.83. The molecule has 0 aromatic carbocycles. The normalized spacial score (nSPS) is 15.2. The molecule has 0 aliphatic rings. The van der Waals surface area contributed by atoms with Gasteiger partial charge in [0.15, 0.2) is 0 Å². The molecule has 0 rings (SSSR count). The fraction of sp³-hybridized carbons (Fsp3) is 1.00. The van der Waals surface area contributed by atoms with E-state index in [1.165, 1.54) is 19.3 Å². The van der Waals surface area contributed by atoms with E-state index in [1.54, 1.807) is 0 Å². The van der Waals surface area contributed by atoms with Gasteiger partial charge in [-0.3, -0.25) is 0 Å². The summed E-state index contributed by atoms with van der Waals surface area (Å²) in [4.78, 5) is 0. The van der Waals surface area contributed by atoms with Crippen LogP contribution in [0, 0.1) is 5.92 Å². The highest BCUT2D eigenvalue weighted by Gasteiger charge is 2.06. The quantitative estimate of drug-likeness (QED) is 0.478. The predicted molar refractivity (Wildman–Crippen MR) is 86.8 cm³/mol. The maximum absolute atomic E-state index is 3.59. The highest BCUT2D eigenvalue weighted by Crippen LogP contribution is 2.11. The van der Waals surface area contributed by atoms with Crippen molar-refractivity contribution >= 4 is 0 Å². The molecule has 0 amide bonds. The molecule has 0 aliphatic heterocycles. The molecule has 0 aromatic rings. The lowest BCUT2D eigenvalue weighted by Crippen LogP contribution is -2.35. The van der Waals surface area contributed by atoms with Crippen molar-refractivity contribution in [2.24, 2.45) is 5.92 Å². The van der Waals surface area contributed by atoms with E-state index in [-0.39, 0.29) is 0 Å². The molecule has 0 radical (unpaired) electrons. The second-order valence-corrected chi connectivity index (χ2v) is 6.54. The first-order valence-electron chi connectivity index (χ1n) is 8.12. The number of hydrogen-bond acceptors (Lipinski definition) is 3. The number of hydrogen-bond donors (Lipinski definition) is 3. The van der Waals surface area contributed by atoms with Gasteiger partial charge in [-0.1, -0.05) is 34.6 Å². The Morgan fingerprint density at radius 3 is 1.68 bits per heavy atom. The Bertz CT molecular complexity index is 192. The first kappa shape index (κ1) is 18.9. The lowest BCUT2D eigenvalue weighted by atomic mass is 9.99. The van der Waals surface area contributed by atoms with Crippen LogP contribution < -0.4 is 16.0 Å². The Kier molecular flexibility index (Phi) is 11.6. The molecular formula is C16H37N3. The smallest absolute Gasteiger partial charge is 0.00793 e. The third-order valence-corrected chi connectivity index (χ3v) is 3.45. The Hall–Kier alpha value is -0.120. The molecule has 0 saturated heterocycles. The Labute approximate surface area is 121 Å². The third kappa shape index (κ3) is 14.1. The van der Waals surface area contributed by atoms with E-state index in [9.17, 15) is 0 Å². The maximum atomic E-state index is 3.59. The fourth-order valence-corrected chi connectivity index (χ4v) is 2.08. The van der Waals surface area contributed by atoms with Crippen LogP contribution in [0.2, 0.25) is 0 Å². The van der Waals surface area contributed by atoms with E-state index in [0.29, 0.717) is 18.1 Å². The van der Waals surface area contributed by atoms with Crippen LogP contribution in [-0.2, 0) is 0 Å². The molecule has 0 saturated carbocycles. The Morgan fingerprint density at radius 2 is 1.11 bits per heavy atom. The van der Waals surface area contributed by atoms with E-state index in [2.05, 4.69) is 57.5 Å². The molecule has 0 heterocycles. The zero-order chi connectivity index (χ0) is 14.7. The zero-order valence-corrected chi connectivity index (χ0v) is 14.1. The minimum Gasteiger partial charge on any atom is -0.315 e. The van der Waals surface area contributed by atoms with Gasteiger partial charge in [-0.15, -0.1) is 0 Å². The van der Waals surface area contributed by atoms with Gasteiger partial charge in [0.1, 0.15) is 0 Å². The molecule has 0 fully saturated rings. The van der Waals surface area contributed by atoms with Gasteiger partial charge in [0.25, 0.3) is 0 Å². The Balaban J connectivity index is 3.42. The van der Waals surface area contributed by atoms with Gasteiger partial charge < -0.3 is 16.0 Å². The zero-order valence-electron chi connectivity index (χ0n) is 14.1. The predicted octanol–water partition coefficient (Wildman–Crippen LogP) is 2.77. The molecule has 2 unspecified atom stereocenters. The molecule has 2 atom stereocenters. The van der Waals surface area contributed by atoms with Gasteiger partial charge in [0, 0.05) is 31.2 Å². The minimum absolute atomic E-state index is 0.589. The lowest BCUT2D eigenvalue weighted by molar-refractivity contribution is 0.401. The Morgan fingerprint density at radius 1 is 0.579 bits per heavy atom. The molecule has 0 spiro atoms. The van der Waals surface area contributed by atoms with Gasteiger partial charge in [-0.05, 0) is 38.6 Å². The second kappa shape index (κ2) is 11.7. The summed E-state index contributed by atoms with van der Waals surface area (Å²) in [5.74, 6) is 0.823. The number of nitrogens with one attached hydrogen (secondary N) is 3. The highest BCUT2D eigenvalue weighted by atomic mass is 15.0. The topological polar surface area (TPSA) is 36.1 Å². The van der Waals surface area contributed by atoms with Crippen LogP contribution >= 0.6 is 0 Å². The van der Waals surface area contributed by atoms with Crippen molar-refractivity contribution in [2.45, 2.75) is 78.9 Å². The van der Waals surface area contributed by atoms with Crippen molar-refractivity contribution in [3.63, 3.8) is 0 Å². The van der Waals surface area contributed by atoms with E-state index in [1.807, 2.05) is 0 Å². The van der Waals surface area contributed by atoms with Crippen LogP contribution in [0.25, 0.3) is 0 Å². The van der Waals surface area contributed by atoms with Crippen molar-refractivity contribution in [3.05, 3.63) is 0 Å². The van der Waals surface area contributed by atoms with Gasteiger partial charge >= 0.3 is 0 Å². The van der Waals surface area contributed by atoms with Crippen molar-refractivity contribution in [2.75, 3.05) is 19.6 Å². The average molecular weight is 271 g/mol. The minimum atomic E-state index is 0.589. The summed E-state index contributed by atoms with van der Waals surface area (Å²) >= 11 is 0. The SMILES string of the molecule is CC(CCNC(C)C)CCC(C)NCCNC(C)C. The van der Waals surface area contributed by atoms with Crippen LogP contribution in [0.1, 0.15) is 60.8 Å². The average Bonchev–Trinajstić information content (AvgIpc) is 2.31. The molecule has 3 nitrogen and oxygen atoms in total. The van der Waals surface area contributed by atoms with Crippen molar-refractivity contribution in [1.82, 2.24) is 16.0 Å². The molecule has 0 bridgehead atoms. The van der Waals surface area contributed by atoms with E-state index in [4.69, 9.17) is 0 Å². The van der Waals surface area contributed by atoms with E-state index >= 15 is 0 Å². The van der Waals surface area contributed by atoms with Crippen LogP contribution in [0.15, 0.2) is 0 Å². The summed E-state index contributed by atoms with van der Waals surface area (Å²) in [7, 11) is 0. The molecule has 3 heteroatoms. The van der Waals surface area contributed by atoms with Crippen molar-refractivity contribution < 1.29 is 0 Å². The van der Waals surface area contributed by atoms with Crippen LogP contribution in [0.4, 0.5) is 0 Å². The molecule has 19 heavy (non-hydrogen) atoms. The fourth-order valence-electron chi connectivity index (χ4n) is 2.08. The third-order valence-electron chi connectivity index (χ3n) is 3.45. The van der Waals surface area contributed by atoms with Gasteiger partial charge in [-0.2, -0.15) is 0 Å². The van der Waals surface area contributed by atoms with Crippen molar-refractivity contribution in [1.29, 1.82) is 0 Å². The molecule has 116 valence electrons. The van der Waals surface area contributed by atoms with E-state index in [0.717, 1.165) is 25.6 Å². The van der Waals surface area contributed by atoms with Gasteiger partial charge in [0.05, 0.1) is 0 Å². The monoisotopic (exact) mass is 271 g/mol. The number of rotatable bonds is 12. The molecular weight excluding hydrogens is 234 g/mol. The van der Waals surface area contributed by atoms with Crippen LogP contribution in [-0.4, -0.2) is 37.8 Å². The lowest BCUT2D eigenvalue weighted by Gasteiger charge is -2.18.